The molecular weight excluding hydrogens is 304 g/mol. The Balaban J connectivity index is 2.28. The largest absolute Gasteiger partial charge is 0.385 e. The van der Waals surface area contributed by atoms with Crippen LogP contribution in [0.5, 0.6) is 5.75 Å². The van der Waals surface area contributed by atoms with E-state index < -0.39 is 22.0 Å². The molecule has 2 rings (SSSR count). The van der Waals surface area contributed by atoms with Gasteiger partial charge in [-0.1, -0.05) is 29.8 Å². The summed E-state index contributed by atoms with van der Waals surface area (Å²) in [6, 6.07) is 12.0. The summed E-state index contributed by atoms with van der Waals surface area (Å²) in [6.07, 6.45) is -1.16. The number of benzene rings is 2. The first-order valence-electron chi connectivity index (χ1n) is 6.63. The van der Waals surface area contributed by atoms with Crippen molar-refractivity contribution < 1.29 is 22.5 Å². The molecule has 2 aromatic carbocycles. The third-order valence-electron chi connectivity index (χ3n) is 3.01. The van der Waals surface area contributed by atoms with Gasteiger partial charge in [0.05, 0.1) is 0 Å². The van der Waals surface area contributed by atoms with Gasteiger partial charge in [-0.2, -0.15) is 8.42 Å². The van der Waals surface area contributed by atoms with Crippen molar-refractivity contribution in [3.8, 4) is 5.75 Å². The lowest BCUT2D eigenvalue weighted by Crippen LogP contribution is -2.16. The Kier molecular flexibility index (Phi) is 4.63. The van der Waals surface area contributed by atoms with Crippen LogP contribution in [0, 0.1) is 6.92 Å². The van der Waals surface area contributed by atoms with Crippen molar-refractivity contribution >= 4 is 15.9 Å². The van der Waals surface area contributed by atoms with Gasteiger partial charge in [0, 0.05) is 5.56 Å². The average Bonchev–Trinajstić information content (AvgIpc) is 2.46. The lowest BCUT2D eigenvalue weighted by atomic mass is 10.1. The van der Waals surface area contributed by atoms with Crippen LogP contribution < -0.4 is 4.18 Å². The van der Waals surface area contributed by atoms with Crippen LogP contribution in [0.4, 0.5) is 0 Å². The van der Waals surface area contributed by atoms with Crippen LogP contribution in [-0.2, 0) is 10.1 Å². The van der Waals surface area contributed by atoms with E-state index in [4.69, 9.17) is 4.18 Å². The fraction of sp³-hybridized carbons (Fsp3) is 0.188. The summed E-state index contributed by atoms with van der Waals surface area (Å²) >= 11 is 0. The Morgan fingerprint density at radius 1 is 1.14 bits per heavy atom. The van der Waals surface area contributed by atoms with Gasteiger partial charge in [0.25, 0.3) is 0 Å². The Morgan fingerprint density at radius 3 is 2.36 bits per heavy atom. The molecule has 0 saturated carbocycles. The van der Waals surface area contributed by atoms with Crippen molar-refractivity contribution in [2.24, 2.45) is 0 Å². The second kappa shape index (κ2) is 6.29. The summed E-state index contributed by atoms with van der Waals surface area (Å²) < 4.78 is 29.4. The van der Waals surface area contributed by atoms with Gasteiger partial charge in [0.1, 0.15) is 16.7 Å². The smallest absolute Gasteiger partial charge is 0.339 e. The minimum absolute atomic E-state index is 0.0204. The Morgan fingerprint density at radius 2 is 1.77 bits per heavy atom. The maximum Gasteiger partial charge on any atom is 0.339 e. The number of carbonyl (C=O) groups is 1. The SMILES string of the molecule is Cc1ccc(S(=O)(=O)Oc2cccc(C(=O)C(C)O)c2)cc1. The topological polar surface area (TPSA) is 80.7 Å². The van der Waals surface area contributed by atoms with Crippen LogP contribution in [0.15, 0.2) is 53.4 Å². The molecule has 1 unspecified atom stereocenters. The zero-order chi connectivity index (χ0) is 16.3. The van der Waals surface area contributed by atoms with Crippen LogP contribution in [0.1, 0.15) is 22.8 Å². The van der Waals surface area contributed by atoms with E-state index in [2.05, 4.69) is 0 Å². The van der Waals surface area contributed by atoms with Gasteiger partial charge in [-0.25, -0.2) is 0 Å². The second-order valence-electron chi connectivity index (χ2n) is 4.92. The third-order valence-corrected chi connectivity index (χ3v) is 4.27. The molecule has 0 aliphatic rings. The van der Waals surface area contributed by atoms with Gasteiger partial charge in [-0.15, -0.1) is 0 Å². The predicted molar refractivity (Wildman–Crippen MR) is 81.4 cm³/mol. The van der Waals surface area contributed by atoms with Crippen molar-refractivity contribution in [1.82, 2.24) is 0 Å². The van der Waals surface area contributed by atoms with E-state index >= 15 is 0 Å². The normalized spacial score (nSPS) is 12.7. The Labute approximate surface area is 129 Å². The third kappa shape index (κ3) is 3.72. The molecule has 1 N–H and O–H groups in total. The van der Waals surface area contributed by atoms with E-state index in [0.717, 1.165) is 5.56 Å². The Bertz CT molecular complexity index is 776. The summed E-state index contributed by atoms with van der Waals surface area (Å²) in [4.78, 5) is 11.7. The number of Topliss-reactive ketones (excluding diaryl/α,β-unsaturated/α-hetero) is 1. The highest BCUT2D eigenvalue weighted by Gasteiger charge is 2.18. The summed E-state index contributed by atoms with van der Waals surface area (Å²) in [7, 11) is -3.97. The number of ketones is 1. The van der Waals surface area contributed by atoms with Gasteiger partial charge in [0.15, 0.2) is 5.78 Å². The van der Waals surface area contributed by atoms with E-state index in [1.807, 2.05) is 6.92 Å². The predicted octanol–water partition coefficient (Wildman–Crippen LogP) is 2.33. The molecule has 0 bridgehead atoms. The average molecular weight is 320 g/mol. The molecule has 6 heteroatoms. The second-order valence-corrected chi connectivity index (χ2v) is 6.46. The molecule has 0 amide bonds. The van der Waals surface area contributed by atoms with Gasteiger partial charge >= 0.3 is 10.1 Å². The zero-order valence-electron chi connectivity index (χ0n) is 12.2. The highest BCUT2D eigenvalue weighted by atomic mass is 32.2. The number of rotatable bonds is 5. The summed E-state index contributed by atoms with van der Waals surface area (Å²) in [5, 5.41) is 9.29. The van der Waals surface area contributed by atoms with Gasteiger partial charge in [-0.3, -0.25) is 4.79 Å². The molecular formula is C16H16O5S. The first-order valence-corrected chi connectivity index (χ1v) is 8.04. The summed E-state index contributed by atoms with van der Waals surface area (Å²) in [5.74, 6) is -0.481. The molecule has 116 valence electrons. The molecule has 0 spiro atoms. The fourth-order valence-corrected chi connectivity index (χ4v) is 2.74. The first-order chi connectivity index (χ1) is 10.3. The van der Waals surface area contributed by atoms with Gasteiger partial charge < -0.3 is 9.29 Å². The van der Waals surface area contributed by atoms with E-state index in [0.29, 0.717) is 0 Å². The van der Waals surface area contributed by atoms with Crippen molar-refractivity contribution in [3.63, 3.8) is 0 Å². The van der Waals surface area contributed by atoms with Crippen molar-refractivity contribution in [3.05, 3.63) is 59.7 Å². The Hall–Kier alpha value is -2.18. The summed E-state index contributed by atoms with van der Waals surface area (Å²) in [5.41, 5.74) is 1.12. The van der Waals surface area contributed by atoms with Crippen molar-refractivity contribution in [2.45, 2.75) is 24.8 Å². The molecule has 22 heavy (non-hydrogen) atoms. The molecule has 0 aromatic heterocycles. The molecule has 2 aromatic rings. The zero-order valence-corrected chi connectivity index (χ0v) is 13.0. The molecule has 0 aliphatic carbocycles. The highest BCUT2D eigenvalue weighted by Crippen LogP contribution is 2.20. The standard InChI is InChI=1S/C16H16O5S/c1-11-6-8-15(9-7-11)22(19,20)21-14-5-3-4-13(10-14)16(18)12(2)17/h3-10,12,17H,1-2H3. The molecule has 0 aliphatic heterocycles. The maximum absolute atomic E-state index is 12.2. The van der Waals surface area contributed by atoms with Crippen LogP contribution >= 0.6 is 0 Å². The van der Waals surface area contributed by atoms with Gasteiger partial charge in [-0.05, 0) is 38.1 Å². The molecule has 1 atom stereocenters. The minimum Gasteiger partial charge on any atom is -0.385 e. The van der Waals surface area contributed by atoms with E-state index in [-0.39, 0.29) is 16.2 Å². The van der Waals surface area contributed by atoms with Crippen molar-refractivity contribution in [1.29, 1.82) is 0 Å². The first kappa shape index (κ1) is 16.2. The minimum atomic E-state index is -3.97. The van der Waals surface area contributed by atoms with Gasteiger partial charge in [0.2, 0.25) is 0 Å². The number of hydrogen-bond donors (Lipinski definition) is 1. The number of hydrogen-bond acceptors (Lipinski definition) is 5. The fourth-order valence-electron chi connectivity index (χ4n) is 1.82. The van der Waals surface area contributed by atoms with Crippen molar-refractivity contribution in [2.75, 3.05) is 0 Å². The monoisotopic (exact) mass is 320 g/mol. The van der Waals surface area contributed by atoms with Crippen LogP contribution in [0.2, 0.25) is 0 Å². The lowest BCUT2D eigenvalue weighted by Gasteiger charge is -2.09. The molecule has 0 saturated heterocycles. The van der Waals surface area contributed by atoms with E-state index in [9.17, 15) is 18.3 Å². The number of aliphatic hydroxyl groups excluding tert-OH is 1. The molecule has 0 fully saturated rings. The quantitative estimate of drug-likeness (QED) is 0.675. The molecule has 0 radical (unpaired) electrons. The lowest BCUT2D eigenvalue weighted by molar-refractivity contribution is 0.0779. The molecule has 0 heterocycles. The summed E-state index contributed by atoms with van der Waals surface area (Å²) in [6.45, 7) is 3.20. The number of aryl methyl sites for hydroxylation is 1. The van der Waals surface area contributed by atoms with Crippen LogP contribution in [0.3, 0.4) is 0 Å². The van der Waals surface area contributed by atoms with Crippen LogP contribution in [-0.4, -0.2) is 25.4 Å². The van der Waals surface area contributed by atoms with E-state index in [1.54, 1.807) is 12.1 Å². The number of aliphatic hydroxyl groups is 1. The maximum atomic E-state index is 12.2. The molecule has 5 nitrogen and oxygen atoms in total. The number of carbonyl (C=O) groups excluding carboxylic acids is 1. The highest BCUT2D eigenvalue weighted by molar-refractivity contribution is 7.87. The van der Waals surface area contributed by atoms with Crippen LogP contribution in [0.25, 0.3) is 0 Å². The van der Waals surface area contributed by atoms with E-state index in [1.165, 1.54) is 43.3 Å².